The van der Waals surface area contributed by atoms with Crippen molar-refractivity contribution in [3.05, 3.63) is 64.7 Å². The summed E-state index contributed by atoms with van der Waals surface area (Å²) in [5, 5.41) is 0. The van der Waals surface area contributed by atoms with E-state index in [1.807, 2.05) is 24.3 Å². The summed E-state index contributed by atoms with van der Waals surface area (Å²) in [7, 11) is 0. The maximum atomic E-state index is 6.40. The van der Waals surface area contributed by atoms with Gasteiger partial charge in [-0.2, -0.15) is 0 Å². The summed E-state index contributed by atoms with van der Waals surface area (Å²) in [6.07, 6.45) is 0. The molecule has 2 aromatic carbocycles. The van der Waals surface area contributed by atoms with Crippen LogP contribution in [0.25, 0.3) is 0 Å². The van der Waals surface area contributed by atoms with Crippen molar-refractivity contribution in [3.8, 4) is 0 Å². The number of rotatable bonds is 3. The Morgan fingerprint density at radius 2 is 1.68 bits per heavy atom. The largest absolute Gasteiger partial charge is 0.399 e. The minimum Gasteiger partial charge on any atom is -0.399 e. The fourth-order valence-electron chi connectivity index (χ4n) is 2.29. The van der Waals surface area contributed by atoms with Gasteiger partial charge in [0.25, 0.3) is 0 Å². The fraction of sp³-hybridized carbons (Fsp3) is 0.294. The van der Waals surface area contributed by atoms with Crippen LogP contribution in [0.5, 0.6) is 0 Å². The molecule has 2 nitrogen and oxygen atoms in total. The standard InChI is InChI=1S/C17H22N2/c1-11(2)13-8-7-12(3)16(10-13)17(19)14-5-4-6-15(18)9-14/h4-11,17H,18-19H2,1-3H3. The molecule has 0 amide bonds. The van der Waals surface area contributed by atoms with E-state index in [0.717, 1.165) is 11.3 Å². The van der Waals surface area contributed by atoms with Gasteiger partial charge in [0, 0.05) is 5.69 Å². The van der Waals surface area contributed by atoms with E-state index in [1.165, 1.54) is 16.7 Å². The molecule has 0 bridgehead atoms. The van der Waals surface area contributed by atoms with Crippen LogP contribution in [0.3, 0.4) is 0 Å². The zero-order valence-corrected chi connectivity index (χ0v) is 11.9. The van der Waals surface area contributed by atoms with Crippen LogP contribution in [0.2, 0.25) is 0 Å². The highest BCUT2D eigenvalue weighted by atomic mass is 14.6. The molecule has 1 atom stereocenters. The second kappa shape index (κ2) is 5.45. The van der Waals surface area contributed by atoms with E-state index in [0.29, 0.717) is 5.92 Å². The molecule has 2 heteroatoms. The van der Waals surface area contributed by atoms with Crippen molar-refractivity contribution >= 4 is 5.69 Å². The third-order valence-corrected chi connectivity index (χ3v) is 3.57. The summed E-state index contributed by atoms with van der Waals surface area (Å²) in [6.45, 7) is 6.49. The Morgan fingerprint density at radius 3 is 2.32 bits per heavy atom. The number of nitrogen functional groups attached to an aromatic ring is 1. The van der Waals surface area contributed by atoms with Gasteiger partial charge in [0.2, 0.25) is 0 Å². The van der Waals surface area contributed by atoms with E-state index in [4.69, 9.17) is 11.5 Å². The van der Waals surface area contributed by atoms with Crippen molar-refractivity contribution in [2.24, 2.45) is 5.73 Å². The highest BCUT2D eigenvalue weighted by Gasteiger charge is 2.13. The maximum absolute atomic E-state index is 6.40. The van der Waals surface area contributed by atoms with Gasteiger partial charge in [0.05, 0.1) is 6.04 Å². The topological polar surface area (TPSA) is 52.0 Å². The van der Waals surface area contributed by atoms with Crippen LogP contribution in [0.4, 0.5) is 5.69 Å². The molecule has 19 heavy (non-hydrogen) atoms. The van der Waals surface area contributed by atoms with E-state index in [2.05, 4.69) is 39.0 Å². The first-order valence-electron chi connectivity index (χ1n) is 6.70. The molecule has 0 aliphatic rings. The molecule has 0 fully saturated rings. The molecule has 0 aromatic heterocycles. The Kier molecular flexibility index (Phi) is 3.91. The molecule has 100 valence electrons. The van der Waals surface area contributed by atoms with Gasteiger partial charge in [-0.15, -0.1) is 0 Å². The van der Waals surface area contributed by atoms with Gasteiger partial charge in [-0.3, -0.25) is 0 Å². The molecule has 1 unspecified atom stereocenters. The van der Waals surface area contributed by atoms with Gasteiger partial charge in [-0.1, -0.05) is 44.2 Å². The van der Waals surface area contributed by atoms with Gasteiger partial charge >= 0.3 is 0 Å². The van der Waals surface area contributed by atoms with E-state index in [-0.39, 0.29) is 6.04 Å². The molecule has 0 aliphatic carbocycles. The van der Waals surface area contributed by atoms with Crippen molar-refractivity contribution in [1.29, 1.82) is 0 Å². The third kappa shape index (κ3) is 2.96. The zero-order valence-electron chi connectivity index (χ0n) is 11.9. The molecular formula is C17H22N2. The second-order valence-corrected chi connectivity index (χ2v) is 5.42. The van der Waals surface area contributed by atoms with Gasteiger partial charge in [-0.25, -0.2) is 0 Å². The monoisotopic (exact) mass is 254 g/mol. The highest BCUT2D eigenvalue weighted by molar-refractivity contribution is 5.46. The van der Waals surface area contributed by atoms with E-state index >= 15 is 0 Å². The van der Waals surface area contributed by atoms with Crippen molar-refractivity contribution in [2.45, 2.75) is 32.7 Å². The number of nitrogens with two attached hydrogens (primary N) is 2. The number of aryl methyl sites for hydroxylation is 1. The van der Waals surface area contributed by atoms with Gasteiger partial charge in [0.15, 0.2) is 0 Å². The number of anilines is 1. The number of benzene rings is 2. The first-order chi connectivity index (χ1) is 8.99. The average Bonchev–Trinajstić information content (AvgIpc) is 2.38. The molecule has 0 spiro atoms. The fourth-order valence-corrected chi connectivity index (χ4v) is 2.29. The van der Waals surface area contributed by atoms with Crippen LogP contribution >= 0.6 is 0 Å². The summed E-state index contributed by atoms with van der Waals surface area (Å²) in [4.78, 5) is 0. The van der Waals surface area contributed by atoms with Crippen LogP contribution in [-0.4, -0.2) is 0 Å². The van der Waals surface area contributed by atoms with Crippen LogP contribution in [0.15, 0.2) is 42.5 Å². The highest BCUT2D eigenvalue weighted by Crippen LogP contribution is 2.27. The lowest BCUT2D eigenvalue weighted by molar-refractivity contribution is 0.830. The molecule has 2 rings (SSSR count). The van der Waals surface area contributed by atoms with Gasteiger partial charge < -0.3 is 11.5 Å². The first kappa shape index (κ1) is 13.6. The van der Waals surface area contributed by atoms with Crippen molar-refractivity contribution in [1.82, 2.24) is 0 Å². The maximum Gasteiger partial charge on any atom is 0.0555 e. The Bertz CT molecular complexity index is 573. The molecular weight excluding hydrogens is 232 g/mol. The first-order valence-corrected chi connectivity index (χ1v) is 6.70. The van der Waals surface area contributed by atoms with Crippen molar-refractivity contribution in [2.75, 3.05) is 5.73 Å². The zero-order chi connectivity index (χ0) is 14.0. The summed E-state index contributed by atoms with van der Waals surface area (Å²) in [6, 6.07) is 14.2. The Labute approximate surface area is 115 Å². The van der Waals surface area contributed by atoms with Crippen LogP contribution in [0.1, 0.15) is 48.1 Å². The minimum atomic E-state index is -0.123. The quantitative estimate of drug-likeness (QED) is 0.820. The van der Waals surface area contributed by atoms with Gasteiger partial charge in [0.1, 0.15) is 0 Å². The summed E-state index contributed by atoms with van der Waals surface area (Å²) in [5.41, 5.74) is 17.8. The van der Waals surface area contributed by atoms with E-state index < -0.39 is 0 Å². The molecule has 2 aromatic rings. The van der Waals surface area contributed by atoms with E-state index in [1.54, 1.807) is 0 Å². The second-order valence-electron chi connectivity index (χ2n) is 5.42. The molecule has 0 radical (unpaired) electrons. The number of hydrogen-bond acceptors (Lipinski definition) is 2. The lowest BCUT2D eigenvalue weighted by atomic mass is 9.91. The third-order valence-electron chi connectivity index (χ3n) is 3.57. The predicted octanol–water partition coefficient (Wildman–Crippen LogP) is 3.75. The Balaban J connectivity index is 2.43. The lowest BCUT2D eigenvalue weighted by Crippen LogP contribution is -2.14. The SMILES string of the molecule is Cc1ccc(C(C)C)cc1C(N)c1cccc(N)c1. The predicted molar refractivity (Wildman–Crippen MR) is 82.2 cm³/mol. The van der Waals surface area contributed by atoms with Crippen molar-refractivity contribution < 1.29 is 0 Å². The number of hydrogen-bond donors (Lipinski definition) is 2. The minimum absolute atomic E-state index is 0.123. The van der Waals surface area contributed by atoms with Gasteiger partial charge in [-0.05, 0) is 47.2 Å². The molecule has 0 aliphatic heterocycles. The molecule has 0 heterocycles. The average molecular weight is 254 g/mol. The molecule has 0 saturated carbocycles. The molecule has 4 N–H and O–H groups in total. The normalized spacial score (nSPS) is 12.7. The van der Waals surface area contributed by atoms with Crippen molar-refractivity contribution in [3.63, 3.8) is 0 Å². The van der Waals surface area contributed by atoms with Crippen LogP contribution < -0.4 is 11.5 Å². The van der Waals surface area contributed by atoms with Crippen LogP contribution in [0, 0.1) is 6.92 Å². The Hall–Kier alpha value is -1.80. The summed E-state index contributed by atoms with van der Waals surface area (Å²) < 4.78 is 0. The lowest BCUT2D eigenvalue weighted by Gasteiger charge is -2.18. The van der Waals surface area contributed by atoms with Crippen LogP contribution in [-0.2, 0) is 0 Å². The van der Waals surface area contributed by atoms with E-state index in [9.17, 15) is 0 Å². The smallest absolute Gasteiger partial charge is 0.0555 e. The molecule has 0 saturated heterocycles. The summed E-state index contributed by atoms with van der Waals surface area (Å²) in [5.74, 6) is 0.507. The Morgan fingerprint density at radius 1 is 0.947 bits per heavy atom. The summed E-state index contributed by atoms with van der Waals surface area (Å²) >= 11 is 0.